The molecule has 1 N–H and O–H groups in total. The molecule has 1 saturated heterocycles. The zero-order valence-corrected chi connectivity index (χ0v) is 22.6. The van der Waals surface area contributed by atoms with Crippen molar-refractivity contribution in [1.82, 2.24) is 20.1 Å². The molecule has 1 aromatic heterocycles. The number of carbonyl (C=O) groups is 2. The predicted octanol–water partition coefficient (Wildman–Crippen LogP) is 2.53. The van der Waals surface area contributed by atoms with Crippen LogP contribution in [0, 0.1) is 5.92 Å². The van der Waals surface area contributed by atoms with E-state index in [-0.39, 0.29) is 16.7 Å². The minimum absolute atomic E-state index is 0.00240. The van der Waals surface area contributed by atoms with E-state index in [4.69, 9.17) is 4.99 Å². The fourth-order valence-corrected chi connectivity index (χ4v) is 5.68. The van der Waals surface area contributed by atoms with E-state index in [1.54, 1.807) is 23.2 Å². The van der Waals surface area contributed by atoms with E-state index in [1.165, 1.54) is 25.0 Å². The number of pyridine rings is 1. The minimum atomic E-state index is -3.40. The van der Waals surface area contributed by atoms with Crippen LogP contribution in [0.3, 0.4) is 0 Å². The first-order valence-electron chi connectivity index (χ1n) is 13.4. The monoisotopic (exact) mass is 537 g/mol. The second-order valence-corrected chi connectivity index (χ2v) is 12.6. The van der Waals surface area contributed by atoms with Crippen LogP contribution >= 0.6 is 0 Å². The molecule has 38 heavy (non-hydrogen) atoms. The van der Waals surface area contributed by atoms with Gasteiger partial charge in [0.25, 0.3) is 5.91 Å². The SMILES string of the molecule is CS(=O)(=O)c1cccc(C(=O)N2CCN(C(=NC3(C(=O)NCCC4CC4)CCC3)c3ccccn3)CC2)c1. The molecule has 202 valence electrons. The number of aliphatic imine (C=N–C) groups is 1. The van der Waals surface area contributed by atoms with Gasteiger partial charge in [-0.15, -0.1) is 0 Å². The maximum Gasteiger partial charge on any atom is 0.254 e. The van der Waals surface area contributed by atoms with Crippen LogP contribution < -0.4 is 5.32 Å². The molecule has 9 nitrogen and oxygen atoms in total. The second kappa shape index (κ2) is 10.8. The molecule has 0 unspecified atom stereocenters. The minimum Gasteiger partial charge on any atom is -0.354 e. The largest absolute Gasteiger partial charge is 0.354 e. The van der Waals surface area contributed by atoms with Gasteiger partial charge in [-0.2, -0.15) is 0 Å². The lowest BCUT2D eigenvalue weighted by molar-refractivity contribution is -0.129. The van der Waals surface area contributed by atoms with Gasteiger partial charge in [0.05, 0.1) is 4.90 Å². The maximum atomic E-state index is 13.2. The predicted molar refractivity (Wildman–Crippen MR) is 145 cm³/mol. The fourth-order valence-electron chi connectivity index (χ4n) is 5.01. The Morgan fingerprint density at radius 1 is 1.05 bits per heavy atom. The van der Waals surface area contributed by atoms with Crippen molar-refractivity contribution in [1.29, 1.82) is 0 Å². The lowest BCUT2D eigenvalue weighted by atomic mass is 9.76. The molecule has 0 radical (unpaired) electrons. The van der Waals surface area contributed by atoms with E-state index in [1.807, 2.05) is 18.2 Å². The molecule has 2 aromatic rings. The molecule has 0 spiro atoms. The standard InChI is InChI=1S/C28H35N5O4S/c1-38(36,37)23-7-4-6-22(20-23)26(34)33-18-16-32(17-19-33)25(24-8-2-3-14-29-24)31-28(12-5-13-28)27(35)30-15-11-21-9-10-21/h2-4,6-8,14,20-21H,5,9-13,15-19H2,1H3,(H,30,35). The van der Waals surface area contributed by atoms with Gasteiger partial charge in [-0.3, -0.25) is 14.6 Å². The number of hydrogen-bond acceptors (Lipinski definition) is 6. The van der Waals surface area contributed by atoms with Gasteiger partial charge in [0.1, 0.15) is 11.2 Å². The highest BCUT2D eigenvalue weighted by Crippen LogP contribution is 2.37. The quantitative estimate of drug-likeness (QED) is 0.409. The van der Waals surface area contributed by atoms with E-state index < -0.39 is 15.4 Å². The summed E-state index contributed by atoms with van der Waals surface area (Å²) in [5, 5.41) is 3.13. The number of carbonyl (C=O) groups excluding carboxylic acids is 2. The molecule has 1 aliphatic heterocycles. The Kier molecular flexibility index (Phi) is 7.52. The van der Waals surface area contributed by atoms with E-state index in [2.05, 4.69) is 15.2 Å². The van der Waals surface area contributed by atoms with Gasteiger partial charge < -0.3 is 15.1 Å². The van der Waals surface area contributed by atoms with E-state index in [9.17, 15) is 18.0 Å². The van der Waals surface area contributed by atoms with Crippen molar-refractivity contribution in [2.75, 3.05) is 39.0 Å². The average Bonchev–Trinajstić information content (AvgIpc) is 3.73. The summed E-state index contributed by atoms with van der Waals surface area (Å²) in [5.74, 6) is 1.25. The first-order valence-corrected chi connectivity index (χ1v) is 15.3. The molecular formula is C28H35N5O4S. The molecule has 5 rings (SSSR count). The van der Waals surface area contributed by atoms with Crippen molar-refractivity contribution < 1.29 is 18.0 Å². The van der Waals surface area contributed by atoms with Gasteiger partial charge in [-0.1, -0.05) is 25.0 Å². The Labute approximate surface area is 224 Å². The first-order chi connectivity index (χ1) is 18.2. The summed E-state index contributed by atoms with van der Waals surface area (Å²) in [6.45, 7) is 2.67. The lowest BCUT2D eigenvalue weighted by Crippen LogP contribution is -2.54. The molecule has 2 heterocycles. The highest BCUT2D eigenvalue weighted by molar-refractivity contribution is 7.90. The number of aromatic nitrogens is 1. The fraction of sp³-hybridized carbons (Fsp3) is 0.500. The normalized spacial score (nSPS) is 19.6. The van der Waals surface area contributed by atoms with Crippen LogP contribution in [-0.2, 0) is 14.6 Å². The summed E-state index contributed by atoms with van der Waals surface area (Å²) >= 11 is 0. The van der Waals surface area contributed by atoms with Crippen molar-refractivity contribution >= 4 is 27.5 Å². The summed E-state index contributed by atoms with van der Waals surface area (Å²) in [6.07, 6.45) is 8.81. The smallest absolute Gasteiger partial charge is 0.254 e. The van der Waals surface area contributed by atoms with Crippen LogP contribution in [0.25, 0.3) is 0 Å². The van der Waals surface area contributed by atoms with Gasteiger partial charge in [-0.05, 0) is 61.9 Å². The number of amides is 2. The number of amidine groups is 1. The van der Waals surface area contributed by atoms with Gasteiger partial charge in [-0.25, -0.2) is 13.4 Å². The number of sulfone groups is 1. The molecule has 0 bridgehead atoms. The second-order valence-electron chi connectivity index (χ2n) is 10.6. The van der Waals surface area contributed by atoms with E-state index >= 15 is 0 Å². The first kappa shape index (κ1) is 26.3. The summed E-state index contributed by atoms with van der Waals surface area (Å²) in [5.41, 5.74) is 0.302. The molecule has 3 fully saturated rings. The number of benzene rings is 1. The molecular weight excluding hydrogens is 502 g/mol. The van der Waals surface area contributed by atoms with Gasteiger partial charge in [0, 0.05) is 50.7 Å². The van der Waals surface area contributed by atoms with E-state index in [0.717, 1.165) is 25.0 Å². The number of hydrogen-bond donors (Lipinski definition) is 1. The Morgan fingerprint density at radius 3 is 2.39 bits per heavy atom. The maximum absolute atomic E-state index is 13.2. The number of nitrogens with zero attached hydrogens (tertiary/aromatic N) is 4. The molecule has 2 amide bonds. The topological polar surface area (TPSA) is 112 Å². The Bertz CT molecular complexity index is 1310. The molecule has 2 aliphatic carbocycles. The Hall–Kier alpha value is -3.27. The Balaban J connectivity index is 1.32. The molecule has 1 aromatic carbocycles. The average molecular weight is 538 g/mol. The van der Waals surface area contributed by atoms with Crippen molar-refractivity contribution in [3.63, 3.8) is 0 Å². The van der Waals surface area contributed by atoms with Crippen LogP contribution in [0.15, 0.2) is 58.5 Å². The van der Waals surface area contributed by atoms with Crippen molar-refractivity contribution in [2.45, 2.75) is 49.0 Å². The summed E-state index contributed by atoms with van der Waals surface area (Å²) in [4.78, 5) is 40.0. The molecule has 3 aliphatic rings. The summed E-state index contributed by atoms with van der Waals surface area (Å²) in [6, 6.07) is 11.9. The Morgan fingerprint density at radius 2 is 1.79 bits per heavy atom. The van der Waals surface area contributed by atoms with Crippen LogP contribution in [0.2, 0.25) is 0 Å². The zero-order chi connectivity index (χ0) is 26.8. The van der Waals surface area contributed by atoms with Crippen LogP contribution in [0.5, 0.6) is 0 Å². The van der Waals surface area contributed by atoms with Gasteiger partial charge in [0.2, 0.25) is 5.91 Å². The third kappa shape index (κ3) is 5.90. The van der Waals surface area contributed by atoms with Crippen molar-refractivity contribution in [3.05, 3.63) is 59.9 Å². The molecule has 2 saturated carbocycles. The molecule has 0 atom stereocenters. The van der Waals surface area contributed by atoms with Gasteiger partial charge in [0.15, 0.2) is 15.7 Å². The number of rotatable bonds is 8. The summed E-state index contributed by atoms with van der Waals surface area (Å²) in [7, 11) is -3.40. The third-order valence-corrected chi connectivity index (χ3v) is 8.84. The van der Waals surface area contributed by atoms with Crippen LogP contribution in [0.4, 0.5) is 0 Å². The molecule has 10 heteroatoms. The van der Waals surface area contributed by atoms with Crippen molar-refractivity contribution in [2.24, 2.45) is 10.9 Å². The third-order valence-electron chi connectivity index (χ3n) is 7.73. The van der Waals surface area contributed by atoms with Crippen LogP contribution in [-0.4, -0.2) is 85.4 Å². The zero-order valence-electron chi connectivity index (χ0n) is 21.8. The number of nitrogens with one attached hydrogen (secondary N) is 1. The van der Waals surface area contributed by atoms with E-state index in [0.29, 0.717) is 62.7 Å². The highest BCUT2D eigenvalue weighted by atomic mass is 32.2. The lowest BCUT2D eigenvalue weighted by Gasteiger charge is -2.41. The van der Waals surface area contributed by atoms with Gasteiger partial charge >= 0.3 is 0 Å². The van der Waals surface area contributed by atoms with Crippen LogP contribution in [0.1, 0.15) is 54.6 Å². The number of piperazine rings is 1. The highest BCUT2D eigenvalue weighted by Gasteiger charge is 2.45. The van der Waals surface area contributed by atoms with Crippen molar-refractivity contribution in [3.8, 4) is 0 Å². The summed E-state index contributed by atoms with van der Waals surface area (Å²) < 4.78 is 23.9.